The molecule has 0 radical (unpaired) electrons. The van der Waals surface area contributed by atoms with Crippen LogP contribution in [0.5, 0.6) is 0 Å². The van der Waals surface area contributed by atoms with E-state index in [0.717, 1.165) is 49.7 Å². The second-order valence-electron chi connectivity index (χ2n) is 20.3. The largest absolute Gasteiger partial charge is 0.463 e. The fraction of sp³-hybridized carbons (Fsp3) is 0.731. The number of piperidine rings is 2. The van der Waals surface area contributed by atoms with Gasteiger partial charge in [-0.15, -0.1) is 0 Å². The van der Waals surface area contributed by atoms with E-state index in [1.165, 1.54) is 0 Å². The van der Waals surface area contributed by atoms with Crippen LogP contribution in [0.1, 0.15) is 182 Å². The molecule has 12 heteroatoms. The average Bonchev–Trinajstić information content (AvgIpc) is 3.87. The molecule has 358 valence electrons. The van der Waals surface area contributed by atoms with Gasteiger partial charge in [0, 0.05) is 49.6 Å². The molecule has 4 heterocycles. The Bertz CT molecular complexity index is 1650. The number of rotatable bonds is 21. The molecule has 0 aromatic heterocycles. The number of hydroxylamine groups is 4. The molecule has 0 aliphatic carbocycles. The van der Waals surface area contributed by atoms with Crippen LogP contribution in [0.4, 0.5) is 0 Å². The second-order valence-corrected chi connectivity index (χ2v) is 20.3. The van der Waals surface area contributed by atoms with Gasteiger partial charge in [-0.2, -0.15) is 10.1 Å². The van der Waals surface area contributed by atoms with Crippen LogP contribution in [0.25, 0.3) is 0 Å². The quantitative estimate of drug-likeness (QED) is 0.0878. The first kappa shape index (κ1) is 50.5. The van der Waals surface area contributed by atoms with E-state index in [0.29, 0.717) is 64.6 Å². The molecule has 4 aliphatic rings. The minimum atomic E-state index is -0.771. The van der Waals surface area contributed by atoms with Crippen molar-refractivity contribution >= 4 is 11.9 Å². The summed E-state index contributed by atoms with van der Waals surface area (Å²) >= 11 is 0. The average molecular weight is 893 g/mol. The molecule has 6 rings (SSSR count). The zero-order valence-corrected chi connectivity index (χ0v) is 40.8. The van der Waals surface area contributed by atoms with Crippen LogP contribution in [-0.2, 0) is 47.7 Å². The number of carbonyl (C=O) groups excluding carboxylic acids is 2. The number of hydrogen-bond acceptors (Lipinski definition) is 12. The van der Waals surface area contributed by atoms with Crippen LogP contribution < -0.4 is 0 Å². The summed E-state index contributed by atoms with van der Waals surface area (Å²) in [6.07, 6.45) is 8.91. The minimum Gasteiger partial charge on any atom is -0.463 e. The van der Waals surface area contributed by atoms with E-state index < -0.39 is 11.6 Å². The van der Waals surface area contributed by atoms with Crippen molar-refractivity contribution in [2.75, 3.05) is 26.4 Å². The SMILES string of the molecule is CCC1(CC)CC2(CC(C)(C)N1OC(C)c1ccccc1)OCC(COC(=O)CCCCCCC(=O)OCC1COC3(CC(C)(C)N(OC(C)c4ccccc4)C(CC)(CC)C3)O1)O2. The maximum Gasteiger partial charge on any atom is 0.305 e. The normalized spacial score (nSPS) is 28.3. The first-order chi connectivity index (χ1) is 30.5. The first-order valence-electron chi connectivity index (χ1n) is 24.5. The van der Waals surface area contributed by atoms with E-state index in [2.05, 4.69) is 104 Å². The van der Waals surface area contributed by atoms with E-state index in [1.807, 2.05) is 36.4 Å². The summed E-state index contributed by atoms with van der Waals surface area (Å²) in [4.78, 5) is 39.1. The lowest BCUT2D eigenvalue weighted by Crippen LogP contribution is -2.67. The molecule has 0 amide bonds. The zero-order valence-electron chi connectivity index (χ0n) is 40.8. The molecular weight excluding hydrogens is 813 g/mol. The van der Waals surface area contributed by atoms with E-state index in [1.54, 1.807) is 0 Å². The number of esters is 2. The fourth-order valence-corrected chi connectivity index (χ4v) is 11.2. The lowest BCUT2D eigenvalue weighted by Gasteiger charge is -2.59. The maximum atomic E-state index is 12.8. The molecule has 0 N–H and O–H groups in total. The third kappa shape index (κ3) is 11.8. The smallest absolute Gasteiger partial charge is 0.305 e. The minimum absolute atomic E-state index is 0.102. The maximum absolute atomic E-state index is 12.8. The van der Waals surface area contributed by atoms with Gasteiger partial charge < -0.3 is 28.4 Å². The molecule has 6 atom stereocenters. The summed E-state index contributed by atoms with van der Waals surface area (Å²) < 4.78 is 37.6. The van der Waals surface area contributed by atoms with Crippen LogP contribution in [0, 0.1) is 0 Å². The number of nitrogens with zero attached hydrogens (tertiary/aromatic N) is 2. The highest BCUT2D eigenvalue weighted by Gasteiger charge is 2.61. The number of hydrogen-bond donors (Lipinski definition) is 0. The standard InChI is InChI=1S/C52H80N2O10/c1-11-49(12-2)37-51(35-47(7,8)53(49)63-39(5)41-25-19-17-20-26-41)59-33-43(61-51)31-57-45(55)29-23-15-16-24-30-46(56)58-32-44-34-60-52(62-44)36-48(9,10)54(50(13-3,14-4)38-52)64-40(6)42-27-21-18-22-28-42/h17-22,25-28,39-40,43-44H,11-16,23-24,29-38H2,1-10H3. The Balaban J connectivity index is 0.867. The summed E-state index contributed by atoms with van der Waals surface area (Å²) in [6.45, 7) is 22.9. The van der Waals surface area contributed by atoms with Crippen molar-refractivity contribution < 1.29 is 47.7 Å². The number of unbranched alkanes of at least 4 members (excludes halogenated alkanes) is 3. The van der Waals surface area contributed by atoms with Crippen molar-refractivity contribution in [2.45, 2.75) is 217 Å². The van der Waals surface area contributed by atoms with Gasteiger partial charge in [0.25, 0.3) is 0 Å². The molecular formula is C52H80N2O10. The highest BCUT2D eigenvalue weighted by atomic mass is 16.8. The third-order valence-electron chi connectivity index (χ3n) is 14.5. The van der Waals surface area contributed by atoms with Crippen molar-refractivity contribution in [1.29, 1.82) is 0 Å². The lowest BCUT2D eigenvalue weighted by atomic mass is 9.73. The Morgan fingerprint density at radius 3 is 1.28 bits per heavy atom. The third-order valence-corrected chi connectivity index (χ3v) is 14.5. The van der Waals surface area contributed by atoms with Gasteiger partial charge in [0.2, 0.25) is 0 Å². The summed E-state index contributed by atoms with van der Waals surface area (Å²) in [5.41, 5.74) is 0.951. The van der Waals surface area contributed by atoms with E-state index >= 15 is 0 Å². The second kappa shape index (κ2) is 21.3. The van der Waals surface area contributed by atoms with E-state index in [4.69, 9.17) is 38.1 Å². The number of carbonyl (C=O) groups is 2. The van der Waals surface area contributed by atoms with Crippen molar-refractivity contribution in [2.24, 2.45) is 0 Å². The Morgan fingerprint density at radius 1 is 0.578 bits per heavy atom. The van der Waals surface area contributed by atoms with Crippen molar-refractivity contribution in [3.05, 3.63) is 71.8 Å². The lowest BCUT2D eigenvalue weighted by molar-refractivity contribution is -0.360. The van der Waals surface area contributed by atoms with E-state index in [9.17, 15) is 9.59 Å². The Hall–Kier alpha value is -2.94. The molecule has 4 fully saturated rings. The summed E-state index contributed by atoms with van der Waals surface area (Å²) in [7, 11) is 0. The van der Waals surface area contributed by atoms with Gasteiger partial charge in [0.05, 0.1) is 24.3 Å². The zero-order chi connectivity index (χ0) is 46.2. The van der Waals surface area contributed by atoms with Gasteiger partial charge in [-0.25, -0.2) is 0 Å². The highest BCUT2D eigenvalue weighted by molar-refractivity contribution is 5.69. The molecule has 0 saturated carbocycles. The van der Waals surface area contributed by atoms with Gasteiger partial charge in [0.15, 0.2) is 11.6 Å². The molecule has 2 spiro atoms. The van der Waals surface area contributed by atoms with Gasteiger partial charge in [0.1, 0.15) is 37.6 Å². The molecule has 12 nitrogen and oxygen atoms in total. The van der Waals surface area contributed by atoms with Crippen molar-refractivity contribution in [3.63, 3.8) is 0 Å². The van der Waals surface area contributed by atoms with Gasteiger partial charge >= 0.3 is 11.9 Å². The summed E-state index contributed by atoms with van der Waals surface area (Å²) in [6, 6.07) is 20.6. The summed E-state index contributed by atoms with van der Waals surface area (Å²) in [5, 5.41) is 4.44. The van der Waals surface area contributed by atoms with Crippen molar-refractivity contribution in [3.8, 4) is 0 Å². The molecule has 6 unspecified atom stereocenters. The van der Waals surface area contributed by atoms with Crippen LogP contribution in [0.15, 0.2) is 60.7 Å². The number of ether oxygens (including phenoxy) is 6. The van der Waals surface area contributed by atoms with Crippen LogP contribution >= 0.6 is 0 Å². The van der Waals surface area contributed by atoms with Gasteiger partial charge in [-0.1, -0.05) is 101 Å². The predicted molar refractivity (Wildman–Crippen MR) is 246 cm³/mol. The van der Waals surface area contributed by atoms with Crippen LogP contribution in [0.3, 0.4) is 0 Å². The molecule has 4 saturated heterocycles. The van der Waals surface area contributed by atoms with Crippen LogP contribution in [-0.4, -0.2) is 94.4 Å². The topological polar surface area (TPSA) is 114 Å². The molecule has 2 aromatic carbocycles. The van der Waals surface area contributed by atoms with E-state index in [-0.39, 0.29) is 71.7 Å². The predicted octanol–water partition coefficient (Wildman–Crippen LogP) is 10.9. The molecule has 64 heavy (non-hydrogen) atoms. The monoisotopic (exact) mass is 893 g/mol. The van der Waals surface area contributed by atoms with Crippen molar-refractivity contribution in [1.82, 2.24) is 10.1 Å². The summed E-state index contributed by atoms with van der Waals surface area (Å²) in [5.74, 6) is -2.03. The Labute approximate surface area is 384 Å². The highest BCUT2D eigenvalue weighted by Crippen LogP contribution is 2.53. The molecule has 2 aromatic rings. The molecule has 0 bridgehead atoms. The molecule has 4 aliphatic heterocycles. The first-order valence-corrected chi connectivity index (χ1v) is 24.5. The van der Waals surface area contributed by atoms with Gasteiger partial charge in [-0.05, 0) is 91.2 Å². The fourth-order valence-electron chi connectivity index (χ4n) is 11.2. The number of benzene rings is 2. The Kier molecular flexibility index (Phi) is 16.8. The van der Waals surface area contributed by atoms with Gasteiger partial charge in [-0.3, -0.25) is 19.3 Å². The van der Waals surface area contributed by atoms with Crippen LogP contribution in [0.2, 0.25) is 0 Å². The Morgan fingerprint density at radius 2 is 0.938 bits per heavy atom.